The van der Waals surface area contributed by atoms with Crippen molar-refractivity contribution in [3.63, 3.8) is 0 Å². The summed E-state index contributed by atoms with van der Waals surface area (Å²) in [6.45, 7) is 0. The van der Waals surface area contributed by atoms with Crippen molar-refractivity contribution in [3.8, 4) is 0 Å². The molecule has 0 amide bonds. The number of rotatable bonds is 3. The van der Waals surface area contributed by atoms with E-state index in [1.54, 1.807) is 38.5 Å². The average Bonchev–Trinajstić information content (AvgIpc) is 2.78. The average molecular weight is 154 g/mol. The van der Waals surface area contributed by atoms with E-state index in [4.69, 9.17) is 0 Å². The van der Waals surface area contributed by atoms with Crippen LogP contribution in [0.15, 0.2) is 0 Å². The van der Waals surface area contributed by atoms with Gasteiger partial charge in [-0.1, -0.05) is 7.92 Å². The highest BCUT2D eigenvalue weighted by Gasteiger charge is 2.47. The Morgan fingerprint density at radius 2 is 0.900 bits per heavy atom. The standard InChI is InChI=1S/C9H15P/c1-2-7(1)10(8-3-4-8)9-5-6-9/h7-9H,1-6H2. The Balaban J connectivity index is 1.69. The van der Waals surface area contributed by atoms with Crippen molar-refractivity contribution in [2.75, 3.05) is 0 Å². The van der Waals surface area contributed by atoms with Crippen LogP contribution in [-0.2, 0) is 0 Å². The fourth-order valence-electron chi connectivity index (χ4n) is 2.01. The highest BCUT2D eigenvalue weighted by Crippen LogP contribution is 2.71. The maximum atomic E-state index is 1.61. The fourth-order valence-corrected chi connectivity index (χ4v) is 6.04. The van der Waals surface area contributed by atoms with Crippen LogP contribution in [0.25, 0.3) is 0 Å². The Kier molecular flexibility index (Phi) is 1.18. The van der Waals surface area contributed by atoms with E-state index in [1.165, 1.54) is 17.0 Å². The minimum atomic E-state index is 0.596. The second-order valence-corrected chi connectivity index (χ2v) is 7.23. The van der Waals surface area contributed by atoms with Gasteiger partial charge < -0.3 is 0 Å². The van der Waals surface area contributed by atoms with Crippen molar-refractivity contribution in [2.45, 2.75) is 55.5 Å². The zero-order valence-electron chi connectivity index (χ0n) is 6.42. The third-order valence-corrected chi connectivity index (χ3v) is 6.98. The van der Waals surface area contributed by atoms with Crippen LogP contribution < -0.4 is 0 Å². The first-order valence-electron chi connectivity index (χ1n) is 4.72. The van der Waals surface area contributed by atoms with E-state index in [1.807, 2.05) is 0 Å². The van der Waals surface area contributed by atoms with E-state index in [0.29, 0.717) is 7.92 Å². The molecule has 0 saturated heterocycles. The van der Waals surface area contributed by atoms with E-state index >= 15 is 0 Å². The van der Waals surface area contributed by atoms with Crippen molar-refractivity contribution in [2.24, 2.45) is 0 Å². The van der Waals surface area contributed by atoms with E-state index in [0.717, 1.165) is 0 Å². The van der Waals surface area contributed by atoms with E-state index < -0.39 is 0 Å². The smallest absolute Gasteiger partial charge is 0.0204 e. The monoisotopic (exact) mass is 154 g/mol. The molecule has 56 valence electrons. The molecule has 0 radical (unpaired) electrons. The van der Waals surface area contributed by atoms with Crippen molar-refractivity contribution in [1.82, 2.24) is 0 Å². The Labute approximate surface area is 64.1 Å². The third kappa shape index (κ3) is 1.01. The molecule has 0 aromatic rings. The van der Waals surface area contributed by atoms with Gasteiger partial charge in [0.25, 0.3) is 0 Å². The SMILES string of the molecule is C1CC1P(C1CC1)C1CC1. The van der Waals surface area contributed by atoms with Gasteiger partial charge in [-0.3, -0.25) is 0 Å². The summed E-state index contributed by atoms with van der Waals surface area (Å²) in [5, 5.41) is 0. The molecule has 0 aromatic carbocycles. The van der Waals surface area contributed by atoms with Gasteiger partial charge in [-0.05, 0) is 55.5 Å². The van der Waals surface area contributed by atoms with Crippen LogP contribution in [0.2, 0.25) is 0 Å². The highest BCUT2D eigenvalue weighted by atomic mass is 31.1. The summed E-state index contributed by atoms with van der Waals surface area (Å²) < 4.78 is 0. The normalized spacial score (nSPS) is 33.3. The predicted molar refractivity (Wildman–Crippen MR) is 46.0 cm³/mol. The van der Waals surface area contributed by atoms with Gasteiger partial charge in [0.15, 0.2) is 0 Å². The molecule has 0 nitrogen and oxygen atoms in total. The Hall–Kier alpha value is 0.430. The summed E-state index contributed by atoms with van der Waals surface area (Å²) in [5.74, 6) is 0. The molecule has 0 aliphatic heterocycles. The first-order chi connectivity index (χ1) is 4.95. The zero-order valence-corrected chi connectivity index (χ0v) is 7.32. The Morgan fingerprint density at radius 3 is 1.10 bits per heavy atom. The molecule has 0 bridgehead atoms. The molecule has 3 aliphatic carbocycles. The number of hydrogen-bond acceptors (Lipinski definition) is 0. The lowest BCUT2D eigenvalue weighted by molar-refractivity contribution is 1.29. The second kappa shape index (κ2) is 1.97. The Morgan fingerprint density at radius 1 is 0.600 bits per heavy atom. The summed E-state index contributed by atoms with van der Waals surface area (Å²) in [4.78, 5) is 0. The lowest BCUT2D eigenvalue weighted by Crippen LogP contribution is -1.93. The van der Waals surface area contributed by atoms with Gasteiger partial charge in [0.2, 0.25) is 0 Å². The molecule has 0 spiro atoms. The van der Waals surface area contributed by atoms with Gasteiger partial charge in [0, 0.05) is 0 Å². The van der Waals surface area contributed by atoms with Crippen molar-refractivity contribution in [3.05, 3.63) is 0 Å². The molecule has 0 heterocycles. The quantitative estimate of drug-likeness (QED) is 0.548. The molecule has 0 aromatic heterocycles. The molecule has 0 atom stereocenters. The molecular formula is C9H15P. The van der Waals surface area contributed by atoms with Gasteiger partial charge in [-0.25, -0.2) is 0 Å². The third-order valence-electron chi connectivity index (χ3n) is 2.91. The number of hydrogen-bond donors (Lipinski definition) is 0. The zero-order chi connectivity index (χ0) is 6.55. The highest BCUT2D eigenvalue weighted by molar-refractivity contribution is 7.61. The Bertz CT molecular complexity index is 114. The summed E-state index contributed by atoms with van der Waals surface area (Å²) in [7, 11) is 0.596. The molecule has 3 aliphatic rings. The van der Waals surface area contributed by atoms with Crippen LogP contribution in [-0.4, -0.2) is 17.0 Å². The van der Waals surface area contributed by atoms with Gasteiger partial charge >= 0.3 is 0 Å². The molecule has 0 N–H and O–H groups in total. The van der Waals surface area contributed by atoms with Crippen LogP contribution >= 0.6 is 7.92 Å². The first kappa shape index (κ1) is 6.00. The van der Waals surface area contributed by atoms with Crippen LogP contribution in [0.5, 0.6) is 0 Å². The topological polar surface area (TPSA) is 0 Å². The van der Waals surface area contributed by atoms with E-state index in [9.17, 15) is 0 Å². The predicted octanol–water partition coefficient (Wildman–Crippen LogP) is 2.96. The van der Waals surface area contributed by atoms with E-state index in [-0.39, 0.29) is 0 Å². The minimum absolute atomic E-state index is 0.596. The second-order valence-electron chi connectivity index (χ2n) is 4.14. The van der Waals surface area contributed by atoms with Crippen LogP contribution in [0, 0.1) is 0 Å². The summed E-state index contributed by atoms with van der Waals surface area (Å²) in [6, 6.07) is 0. The molecule has 10 heavy (non-hydrogen) atoms. The van der Waals surface area contributed by atoms with Gasteiger partial charge in [0.05, 0.1) is 0 Å². The largest absolute Gasteiger partial charge is 0.0971 e. The van der Waals surface area contributed by atoms with Gasteiger partial charge in [0.1, 0.15) is 0 Å². The molecule has 3 fully saturated rings. The van der Waals surface area contributed by atoms with Crippen molar-refractivity contribution < 1.29 is 0 Å². The minimum Gasteiger partial charge on any atom is -0.0971 e. The van der Waals surface area contributed by atoms with Gasteiger partial charge in [-0.15, -0.1) is 0 Å². The molecule has 3 saturated carbocycles. The van der Waals surface area contributed by atoms with Crippen LogP contribution in [0.1, 0.15) is 38.5 Å². The van der Waals surface area contributed by atoms with Crippen LogP contribution in [0.3, 0.4) is 0 Å². The molecule has 3 rings (SSSR count). The molecule has 0 unspecified atom stereocenters. The molecule has 1 heteroatoms. The summed E-state index contributed by atoms with van der Waals surface area (Å²) in [5.41, 5.74) is 3.82. The van der Waals surface area contributed by atoms with Crippen molar-refractivity contribution in [1.29, 1.82) is 0 Å². The molecular weight excluding hydrogens is 139 g/mol. The lowest BCUT2D eigenvalue weighted by Gasteiger charge is -2.14. The first-order valence-corrected chi connectivity index (χ1v) is 6.27. The fraction of sp³-hybridized carbons (Fsp3) is 1.00. The summed E-state index contributed by atoms with van der Waals surface area (Å²) in [6.07, 6.45) is 9.66. The van der Waals surface area contributed by atoms with E-state index in [2.05, 4.69) is 0 Å². The van der Waals surface area contributed by atoms with Gasteiger partial charge in [-0.2, -0.15) is 0 Å². The maximum Gasteiger partial charge on any atom is -0.0204 e. The maximum absolute atomic E-state index is 1.61. The summed E-state index contributed by atoms with van der Waals surface area (Å²) >= 11 is 0. The van der Waals surface area contributed by atoms with Crippen LogP contribution in [0.4, 0.5) is 0 Å². The lowest BCUT2D eigenvalue weighted by atomic mass is 10.9. The van der Waals surface area contributed by atoms with Crippen molar-refractivity contribution >= 4 is 7.92 Å².